The molecule has 0 radical (unpaired) electrons. The Hall–Kier alpha value is -1.59. The molecule has 0 saturated heterocycles. The van der Waals surface area contributed by atoms with Gasteiger partial charge in [-0.25, -0.2) is 0 Å². The Balaban J connectivity index is 1.82. The molecule has 5 heteroatoms. The van der Waals surface area contributed by atoms with Crippen LogP contribution in [0.3, 0.4) is 0 Å². The first kappa shape index (κ1) is 14.4. The maximum Gasteiger partial charge on any atom is 0.0537 e. The lowest BCUT2D eigenvalue weighted by atomic mass is 10.2. The highest BCUT2D eigenvalue weighted by Crippen LogP contribution is 2.30. The van der Waals surface area contributed by atoms with Gasteiger partial charge in [-0.1, -0.05) is 18.2 Å². The Morgan fingerprint density at radius 1 is 1.29 bits per heavy atom. The zero-order chi connectivity index (χ0) is 15.0. The van der Waals surface area contributed by atoms with E-state index < -0.39 is 0 Å². The van der Waals surface area contributed by atoms with Crippen molar-refractivity contribution < 1.29 is 0 Å². The van der Waals surface area contributed by atoms with Crippen molar-refractivity contribution in [2.75, 3.05) is 0 Å². The molecule has 0 fully saturated rings. The van der Waals surface area contributed by atoms with Crippen LogP contribution in [0.2, 0.25) is 0 Å². The first-order valence-corrected chi connectivity index (χ1v) is 7.81. The lowest BCUT2D eigenvalue weighted by Crippen LogP contribution is -2.19. The third-order valence-electron chi connectivity index (χ3n) is 3.96. The maximum atomic E-state index is 4.22. The molecule has 0 unspecified atom stereocenters. The van der Waals surface area contributed by atoms with Crippen LogP contribution in [0.5, 0.6) is 0 Å². The first-order valence-electron chi connectivity index (χ1n) is 7.01. The van der Waals surface area contributed by atoms with Crippen LogP contribution in [0, 0.1) is 0 Å². The SMILES string of the molecule is C[C@H](NCc1c(Br)c2ccccc2n1C)c1cnn(C)c1. The lowest BCUT2D eigenvalue weighted by Gasteiger charge is -2.13. The van der Waals surface area contributed by atoms with Gasteiger partial charge in [-0.2, -0.15) is 5.10 Å². The summed E-state index contributed by atoms with van der Waals surface area (Å²) in [5.74, 6) is 0. The van der Waals surface area contributed by atoms with E-state index in [-0.39, 0.29) is 6.04 Å². The van der Waals surface area contributed by atoms with Crippen LogP contribution < -0.4 is 5.32 Å². The topological polar surface area (TPSA) is 34.8 Å². The number of halogens is 1. The fourth-order valence-corrected chi connectivity index (χ4v) is 3.37. The van der Waals surface area contributed by atoms with E-state index in [2.05, 4.69) is 69.1 Å². The van der Waals surface area contributed by atoms with Crippen LogP contribution in [0.1, 0.15) is 24.2 Å². The number of rotatable bonds is 4. The van der Waals surface area contributed by atoms with Gasteiger partial charge in [0.15, 0.2) is 0 Å². The molecule has 4 nitrogen and oxygen atoms in total. The molecule has 1 atom stereocenters. The molecular formula is C16H19BrN4. The fraction of sp³-hybridized carbons (Fsp3) is 0.312. The molecule has 1 N–H and O–H groups in total. The number of hydrogen-bond donors (Lipinski definition) is 1. The van der Waals surface area contributed by atoms with Gasteiger partial charge in [0.25, 0.3) is 0 Å². The average Bonchev–Trinajstić information content (AvgIpc) is 3.02. The number of fused-ring (bicyclic) bond motifs is 1. The smallest absolute Gasteiger partial charge is 0.0537 e. The van der Waals surface area contributed by atoms with Gasteiger partial charge in [0.1, 0.15) is 0 Å². The van der Waals surface area contributed by atoms with Gasteiger partial charge in [-0.3, -0.25) is 4.68 Å². The first-order chi connectivity index (χ1) is 10.1. The predicted octanol–water partition coefficient (Wildman–Crippen LogP) is 3.53. The normalized spacial score (nSPS) is 13.0. The summed E-state index contributed by atoms with van der Waals surface area (Å²) in [7, 11) is 4.05. The second kappa shape index (κ2) is 5.66. The van der Waals surface area contributed by atoms with Crippen LogP contribution in [0.25, 0.3) is 10.9 Å². The Morgan fingerprint density at radius 2 is 2.05 bits per heavy atom. The van der Waals surface area contributed by atoms with Gasteiger partial charge in [-0.15, -0.1) is 0 Å². The Morgan fingerprint density at radius 3 is 2.71 bits per heavy atom. The Labute approximate surface area is 132 Å². The summed E-state index contributed by atoms with van der Waals surface area (Å²) < 4.78 is 5.24. The number of hydrogen-bond acceptors (Lipinski definition) is 2. The van der Waals surface area contributed by atoms with Crippen LogP contribution in [0.15, 0.2) is 41.1 Å². The predicted molar refractivity (Wildman–Crippen MR) is 89.1 cm³/mol. The summed E-state index contributed by atoms with van der Waals surface area (Å²) in [5, 5.41) is 9.05. The lowest BCUT2D eigenvalue weighted by molar-refractivity contribution is 0.558. The van der Waals surface area contributed by atoms with Crippen molar-refractivity contribution in [3.63, 3.8) is 0 Å². The molecular weight excluding hydrogens is 328 g/mol. The number of aryl methyl sites for hydroxylation is 2. The van der Waals surface area contributed by atoms with Crippen molar-refractivity contribution in [2.45, 2.75) is 19.5 Å². The van der Waals surface area contributed by atoms with Gasteiger partial charge in [0.05, 0.1) is 6.20 Å². The van der Waals surface area contributed by atoms with E-state index in [1.807, 2.05) is 24.1 Å². The van der Waals surface area contributed by atoms with Gasteiger partial charge in [0.2, 0.25) is 0 Å². The molecule has 3 aromatic rings. The zero-order valence-corrected chi connectivity index (χ0v) is 14.1. The highest BCUT2D eigenvalue weighted by molar-refractivity contribution is 9.10. The molecule has 0 aliphatic carbocycles. The standard InChI is InChI=1S/C16H19BrN4/c1-11(12-8-19-20(2)10-12)18-9-15-16(17)13-6-4-5-7-14(13)21(15)3/h4-8,10-11,18H,9H2,1-3H3/t11-/m0/s1. The second-order valence-electron chi connectivity index (χ2n) is 5.39. The maximum absolute atomic E-state index is 4.22. The van der Waals surface area contributed by atoms with E-state index in [0.717, 1.165) is 6.54 Å². The van der Waals surface area contributed by atoms with Crippen molar-refractivity contribution in [3.05, 3.63) is 52.4 Å². The molecule has 21 heavy (non-hydrogen) atoms. The van der Waals surface area contributed by atoms with Gasteiger partial charge >= 0.3 is 0 Å². The molecule has 0 bridgehead atoms. The van der Waals surface area contributed by atoms with Gasteiger partial charge in [-0.05, 0) is 28.9 Å². The quantitative estimate of drug-likeness (QED) is 0.784. The average molecular weight is 347 g/mol. The zero-order valence-electron chi connectivity index (χ0n) is 12.5. The van der Waals surface area contributed by atoms with E-state index in [9.17, 15) is 0 Å². The number of aromatic nitrogens is 3. The monoisotopic (exact) mass is 346 g/mol. The summed E-state index contributed by atoms with van der Waals surface area (Å²) in [6.07, 6.45) is 3.96. The third-order valence-corrected chi connectivity index (χ3v) is 4.85. The van der Waals surface area contributed by atoms with Crippen molar-refractivity contribution in [1.29, 1.82) is 0 Å². The van der Waals surface area contributed by atoms with Crippen molar-refractivity contribution in [2.24, 2.45) is 14.1 Å². The Kier molecular flexibility index (Phi) is 3.87. The molecule has 2 aromatic heterocycles. The fourth-order valence-electron chi connectivity index (χ4n) is 2.63. The number of para-hydroxylation sites is 1. The summed E-state index contributed by atoms with van der Waals surface area (Å²) >= 11 is 3.74. The third kappa shape index (κ3) is 2.63. The summed E-state index contributed by atoms with van der Waals surface area (Å²) in [6.45, 7) is 2.97. The molecule has 2 heterocycles. The van der Waals surface area contributed by atoms with Crippen LogP contribution in [-0.2, 0) is 20.6 Å². The molecule has 0 aliphatic heterocycles. The van der Waals surface area contributed by atoms with Gasteiger partial charge in [0, 0.05) is 59.5 Å². The molecule has 0 saturated carbocycles. The van der Waals surface area contributed by atoms with Gasteiger partial charge < -0.3 is 9.88 Å². The van der Waals surface area contributed by atoms with Crippen molar-refractivity contribution in [3.8, 4) is 0 Å². The minimum absolute atomic E-state index is 0.267. The largest absolute Gasteiger partial charge is 0.345 e. The highest BCUT2D eigenvalue weighted by atomic mass is 79.9. The number of nitrogens with zero attached hydrogens (tertiary/aromatic N) is 3. The molecule has 0 spiro atoms. The number of benzene rings is 1. The number of nitrogens with one attached hydrogen (secondary N) is 1. The Bertz CT molecular complexity index is 733. The molecule has 110 valence electrons. The summed E-state index contributed by atoms with van der Waals surface area (Å²) in [5.41, 5.74) is 3.70. The van der Waals surface area contributed by atoms with E-state index in [1.54, 1.807) is 0 Å². The van der Waals surface area contributed by atoms with Crippen molar-refractivity contribution >= 4 is 26.8 Å². The van der Waals surface area contributed by atoms with Crippen molar-refractivity contribution in [1.82, 2.24) is 19.7 Å². The minimum Gasteiger partial charge on any atom is -0.345 e. The molecule has 3 rings (SSSR count). The van der Waals surface area contributed by atoms with E-state index >= 15 is 0 Å². The van der Waals surface area contributed by atoms with E-state index in [4.69, 9.17) is 0 Å². The molecule has 0 amide bonds. The molecule has 1 aromatic carbocycles. The minimum atomic E-state index is 0.267. The van der Waals surface area contributed by atoms with Crippen LogP contribution in [0.4, 0.5) is 0 Å². The summed E-state index contributed by atoms with van der Waals surface area (Å²) in [4.78, 5) is 0. The van der Waals surface area contributed by atoms with E-state index in [0.29, 0.717) is 0 Å². The van der Waals surface area contributed by atoms with Crippen LogP contribution in [-0.4, -0.2) is 14.3 Å². The van der Waals surface area contributed by atoms with E-state index in [1.165, 1.54) is 26.6 Å². The second-order valence-corrected chi connectivity index (χ2v) is 6.18. The molecule has 0 aliphatic rings. The highest BCUT2D eigenvalue weighted by Gasteiger charge is 2.14. The summed E-state index contributed by atoms with van der Waals surface area (Å²) in [6, 6.07) is 8.71. The van der Waals surface area contributed by atoms with Crippen LogP contribution >= 0.6 is 15.9 Å².